The Kier molecular flexibility index (Phi) is 7.24. The Balaban J connectivity index is 1.53. The van der Waals surface area contributed by atoms with Gasteiger partial charge in [0.1, 0.15) is 5.82 Å². The second-order valence-electron chi connectivity index (χ2n) is 12.1. The van der Waals surface area contributed by atoms with Crippen molar-refractivity contribution in [3.05, 3.63) is 70.5 Å². The first-order valence-corrected chi connectivity index (χ1v) is 13.9. The van der Waals surface area contributed by atoms with Gasteiger partial charge in [-0.3, -0.25) is 9.59 Å². The molecule has 1 heterocycles. The summed E-state index contributed by atoms with van der Waals surface area (Å²) >= 11 is 0. The van der Waals surface area contributed by atoms with Crippen LogP contribution in [0.5, 0.6) is 0 Å². The standard InChI is InChI=1S/C31H34F5NO3/c1-18-16-30(17-19-3-11-24(32)12-4-19)25-13-10-23(29(2,33)31(34,35)36)15-22(25)9-14-26(30)37(18)27(38)20-5-7-21(8-6-20)28(39)40/h3-4,10-13,15,18,20-21,26H,5-9,14,16-17H2,1-2H3,(H,39,40)/t18-,20-,21-,26?,29?,30?/m0/s1. The molecule has 2 aromatic rings. The molecule has 2 aliphatic carbocycles. The molecule has 216 valence electrons. The zero-order chi connectivity index (χ0) is 29.0. The molecule has 5 rings (SSSR count). The molecule has 40 heavy (non-hydrogen) atoms. The van der Waals surface area contributed by atoms with Gasteiger partial charge < -0.3 is 10.0 Å². The molecule has 1 saturated carbocycles. The van der Waals surface area contributed by atoms with Crippen molar-refractivity contribution in [2.24, 2.45) is 11.8 Å². The average Bonchev–Trinajstić information content (AvgIpc) is 3.20. The number of nitrogens with zero attached hydrogens (tertiary/aromatic N) is 1. The fourth-order valence-electron chi connectivity index (χ4n) is 7.49. The summed E-state index contributed by atoms with van der Waals surface area (Å²) in [4.78, 5) is 27.3. The van der Waals surface area contributed by atoms with Gasteiger partial charge in [-0.25, -0.2) is 8.78 Å². The van der Waals surface area contributed by atoms with E-state index in [-0.39, 0.29) is 29.7 Å². The first-order valence-electron chi connectivity index (χ1n) is 13.9. The van der Waals surface area contributed by atoms with E-state index in [1.54, 1.807) is 18.2 Å². The van der Waals surface area contributed by atoms with Crippen LogP contribution in [0.1, 0.15) is 74.6 Å². The third-order valence-corrected chi connectivity index (χ3v) is 9.62. The number of carboxylic acids is 1. The van der Waals surface area contributed by atoms with Crippen molar-refractivity contribution in [3.8, 4) is 0 Å². The predicted molar refractivity (Wildman–Crippen MR) is 139 cm³/mol. The van der Waals surface area contributed by atoms with Gasteiger partial charge in [0.05, 0.1) is 5.92 Å². The van der Waals surface area contributed by atoms with Crippen LogP contribution < -0.4 is 0 Å². The van der Waals surface area contributed by atoms with E-state index in [1.165, 1.54) is 24.3 Å². The van der Waals surface area contributed by atoms with Crippen LogP contribution in [0.25, 0.3) is 0 Å². The molecule has 1 N–H and O–H groups in total. The number of amides is 1. The Morgan fingerprint density at radius 2 is 1.60 bits per heavy atom. The molecule has 0 spiro atoms. The van der Waals surface area contributed by atoms with E-state index in [1.807, 2.05) is 11.8 Å². The molecule has 0 bridgehead atoms. The SMILES string of the molecule is C[C@H]1CC2(Cc3ccc(F)cc3)c3ccc(C(C)(F)C(F)(F)F)cc3CCC2N1C(=O)[C@H]1CC[C@H](C(=O)O)CC1. The molecule has 2 aromatic carbocycles. The first-order chi connectivity index (χ1) is 18.7. The molecular formula is C31H34F5NO3. The molecule has 1 amide bonds. The molecule has 3 unspecified atom stereocenters. The van der Waals surface area contributed by atoms with Crippen molar-refractivity contribution in [1.82, 2.24) is 4.90 Å². The Morgan fingerprint density at radius 1 is 0.975 bits per heavy atom. The number of carbonyl (C=O) groups is 2. The number of hydrogen-bond acceptors (Lipinski definition) is 2. The number of alkyl halides is 4. The van der Waals surface area contributed by atoms with E-state index < -0.39 is 34.7 Å². The lowest BCUT2D eigenvalue weighted by Crippen LogP contribution is -2.51. The molecule has 0 aromatic heterocycles. The molecule has 9 heteroatoms. The number of carboxylic acid groups (broad SMARTS) is 1. The number of hydrogen-bond donors (Lipinski definition) is 1. The third kappa shape index (κ3) is 4.79. The van der Waals surface area contributed by atoms with Crippen molar-refractivity contribution in [2.75, 3.05) is 0 Å². The summed E-state index contributed by atoms with van der Waals surface area (Å²) in [7, 11) is 0. The Labute approximate surface area is 230 Å². The second-order valence-corrected chi connectivity index (χ2v) is 12.1. The zero-order valence-electron chi connectivity index (χ0n) is 22.6. The molecule has 3 aliphatic rings. The Hall–Kier alpha value is -2.97. The van der Waals surface area contributed by atoms with E-state index >= 15 is 0 Å². The molecule has 4 atom stereocenters. The first kappa shape index (κ1) is 28.6. The summed E-state index contributed by atoms with van der Waals surface area (Å²) in [5.74, 6) is -1.93. The van der Waals surface area contributed by atoms with Crippen molar-refractivity contribution in [3.63, 3.8) is 0 Å². The van der Waals surface area contributed by atoms with Crippen LogP contribution in [0.4, 0.5) is 22.0 Å². The van der Waals surface area contributed by atoms with Gasteiger partial charge >= 0.3 is 12.1 Å². The van der Waals surface area contributed by atoms with E-state index in [2.05, 4.69) is 0 Å². The van der Waals surface area contributed by atoms with E-state index in [0.717, 1.165) is 11.1 Å². The largest absolute Gasteiger partial charge is 0.481 e. The number of carbonyl (C=O) groups excluding carboxylic acids is 1. The summed E-state index contributed by atoms with van der Waals surface area (Å²) < 4.78 is 69.2. The van der Waals surface area contributed by atoms with Crippen LogP contribution >= 0.6 is 0 Å². The minimum Gasteiger partial charge on any atom is -0.481 e. The third-order valence-electron chi connectivity index (χ3n) is 9.62. The normalized spacial score (nSPS) is 29.8. The van der Waals surface area contributed by atoms with Gasteiger partial charge in [0.25, 0.3) is 0 Å². The number of halogens is 5. The maximum absolute atomic E-state index is 14.9. The lowest BCUT2D eigenvalue weighted by Gasteiger charge is -2.45. The number of rotatable bonds is 5. The van der Waals surface area contributed by atoms with Gasteiger partial charge in [0, 0.05) is 23.4 Å². The fraction of sp³-hybridized carbons (Fsp3) is 0.548. The Bertz CT molecular complexity index is 1280. The lowest BCUT2D eigenvalue weighted by atomic mass is 9.63. The van der Waals surface area contributed by atoms with Crippen LogP contribution in [0, 0.1) is 17.7 Å². The van der Waals surface area contributed by atoms with Crippen molar-refractivity contribution < 1.29 is 36.6 Å². The smallest absolute Gasteiger partial charge is 0.426 e. The topological polar surface area (TPSA) is 57.6 Å². The monoisotopic (exact) mass is 563 g/mol. The molecule has 1 aliphatic heterocycles. The summed E-state index contributed by atoms with van der Waals surface area (Å²) in [6.45, 7) is 2.51. The van der Waals surface area contributed by atoms with Gasteiger partial charge in [-0.05, 0) is 99.6 Å². The number of fused-ring (bicyclic) bond motifs is 3. The highest BCUT2D eigenvalue weighted by Crippen LogP contribution is 2.53. The van der Waals surface area contributed by atoms with E-state index in [4.69, 9.17) is 0 Å². The molecule has 1 saturated heterocycles. The average molecular weight is 564 g/mol. The van der Waals surface area contributed by atoms with Crippen LogP contribution in [0.15, 0.2) is 42.5 Å². The summed E-state index contributed by atoms with van der Waals surface area (Å²) in [6, 6.07) is 9.85. The van der Waals surface area contributed by atoms with Crippen LogP contribution in [-0.2, 0) is 33.5 Å². The molecule has 4 nitrogen and oxygen atoms in total. The van der Waals surface area contributed by atoms with E-state index in [0.29, 0.717) is 63.9 Å². The minimum atomic E-state index is -5.06. The lowest BCUT2D eigenvalue weighted by molar-refractivity contribution is -0.228. The quantitative estimate of drug-likeness (QED) is 0.404. The van der Waals surface area contributed by atoms with Gasteiger partial charge in [-0.15, -0.1) is 0 Å². The van der Waals surface area contributed by atoms with Gasteiger partial charge in [0.2, 0.25) is 11.6 Å². The molecule has 0 radical (unpaired) electrons. The highest BCUT2D eigenvalue weighted by Gasteiger charge is 2.57. The number of aliphatic carboxylic acids is 1. The number of aryl methyl sites for hydroxylation is 1. The molecular weight excluding hydrogens is 529 g/mol. The van der Waals surface area contributed by atoms with E-state index in [9.17, 15) is 36.6 Å². The summed E-state index contributed by atoms with van der Waals surface area (Å²) in [5, 5.41) is 9.36. The zero-order valence-corrected chi connectivity index (χ0v) is 22.6. The molecule has 2 fully saturated rings. The van der Waals surface area contributed by atoms with Crippen LogP contribution in [0.3, 0.4) is 0 Å². The highest BCUT2D eigenvalue weighted by molar-refractivity contribution is 5.81. The van der Waals surface area contributed by atoms with Crippen molar-refractivity contribution in [1.29, 1.82) is 0 Å². The predicted octanol–water partition coefficient (Wildman–Crippen LogP) is 6.88. The van der Waals surface area contributed by atoms with Crippen molar-refractivity contribution in [2.45, 2.75) is 94.6 Å². The maximum Gasteiger partial charge on any atom is 0.426 e. The van der Waals surface area contributed by atoms with Crippen molar-refractivity contribution >= 4 is 11.9 Å². The van der Waals surface area contributed by atoms with Gasteiger partial charge in [0.15, 0.2) is 0 Å². The Morgan fingerprint density at radius 3 is 2.20 bits per heavy atom. The maximum atomic E-state index is 14.9. The highest BCUT2D eigenvalue weighted by atomic mass is 19.4. The minimum absolute atomic E-state index is 0.00389. The second kappa shape index (κ2) is 10.1. The fourth-order valence-corrected chi connectivity index (χ4v) is 7.49. The number of likely N-dealkylation sites (tertiary alicyclic amines) is 1. The summed E-state index contributed by atoms with van der Waals surface area (Å²) in [5.41, 5.74) is -2.27. The number of benzene rings is 2. The van der Waals surface area contributed by atoms with Crippen LogP contribution in [0.2, 0.25) is 0 Å². The van der Waals surface area contributed by atoms with Crippen LogP contribution in [-0.4, -0.2) is 40.1 Å². The van der Waals surface area contributed by atoms with Gasteiger partial charge in [-0.2, -0.15) is 13.2 Å². The summed E-state index contributed by atoms with van der Waals surface area (Å²) in [6.07, 6.45) is -1.23. The van der Waals surface area contributed by atoms with Gasteiger partial charge in [-0.1, -0.05) is 30.3 Å².